The molecule has 0 unspecified atom stereocenters. The Balaban J connectivity index is 1.33. The smallest absolute Gasteiger partial charge is 0.407 e. The Labute approximate surface area is 173 Å². The molecule has 1 aliphatic carbocycles. The molecule has 0 spiro atoms. The van der Waals surface area contributed by atoms with Crippen molar-refractivity contribution in [1.82, 2.24) is 5.32 Å². The second-order valence-electron chi connectivity index (χ2n) is 7.18. The van der Waals surface area contributed by atoms with Crippen LogP contribution in [0, 0.1) is 0 Å². The summed E-state index contributed by atoms with van der Waals surface area (Å²) in [5.74, 6) is 0.0780. The first kappa shape index (κ1) is 21.3. The second-order valence-corrected chi connectivity index (χ2v) is 7.18. The van der Waals surface area contributed by atoms with Crippen LogP contribution in [0.1, 0.15) is 43.2 Å². The van der Waals surface area contributed by atoms with Crippen LogP contribution in [0.15, 0.2) is 48.5 Å². The molecule has 0 atom stereocenters. The molecule has 0 saturated heterocycles. The van der Waals surface area contributed by atoms with Crippen molar-refractivity contribution >= 4 is 6.09 Å². The Morgan fingerprint density at radius 2 is 1.48 bits per heavy atom. The van der Waals surface area contributed by atoms with E-state index >= 15 is 0 Å². The number of benzene rings is 2. The van der Waals surface area contributed by atoms with E-state index in [2.05, 4.69) is 36.5 Å². The first-order chi connectivity index (χ1) is 14.3. The van der Waals surface area contributed by atoms with E-state index in [0.29, 0.717) is 33.0 Å². The molecule has 0 aliphatic heterocycles. The number of fused-ring (bicyclic) bond motifs is 3. The van der Waals surface area contributed by atoms with Crippen LogP contribution in [0.3, 0.4) is 0 Å². The number of hydrogen-bond acceptors (Lipinski definition) is 4. The third-order valence-corrected chi connectivity index (χ3v) is 5.12. The van der Waals surface area contributed by atoms with Crippen LogP contribution in [0.5, 0.6) is 0 Å². The molecule has 0 fully saturated rings. The Kier molecular flexibility index (Phi) is 8.53. The summed E-state index contributed by atoms with van der Waals surface area (Å²) in [6, 6.07) is 16.6. The molecule has 2 aromatic carbocycles. The summed E-state index contributed by atoms with van der Waals surface area (Å²) in [5, 5.41) is 2.75. The Hall–Kier alpha value is -2.37. The highest BCUT2D eigenvalue weighted by molar-refractivity contribution is 5.79. The highest BCUT2D eigenvalue weighted by atomic mass is 16.5. The fourth-order valence-electron chi connectivity index (χ4n) is 3.65. The van der Waals surface area contributed by atoms with Gasteiger partial charge in [-0.2, -0.15) is 0 Å². The number of rotatable bonds is 12. The molecular formula is C24H31NO4. The lowest BCUT2D eigenvalue weighted by molar-refractivity contribution is 0.0469. The molecule has 1 amide bonds. The first-order valence-electron chi connectivity index (χ1n) is 10.6. The largest absolute Gasteiger partial charge is 0.449 e. The third kappa shape index (κ3) is 6.05. The quantitative estimate of drug-likeness (QED) is 0.525. The molecule has 5 nitrogen and oxygen atoms in total. The summed E-state index contributed by atoms with van der Waals surface area (Å²) in [5.41, 5.74) is 4.87. The number of hydrogen-bond donors (Lipinski definition) is 1. The van der Waals surface area contributed by atoms with Crippen LogP contribution in [0.25, 0.3) is 11.1 Å². The Bertz CT molecular complexity index is 731. The van der Waals surface area contributed by atoms with Crippen LogP contribution < -0.4 is 5.32 Å². The van der Waals surface area contributed by atoms with Gasteiger partial charge >= 0.3 is 6.09 Å². The van der Waals surface area contributed by atoms with Gasteiger partial charge in [0.2, 0.25) is 0 Å². The van der Waals surface area contributed by atoms with E-state index in [4.69, 9.17) is 14.2 Å². The van der Waals surface area contributed by atoms with E-state index in [0.717, 1.165) is 13.0 Å². The highest BCUT2D eigenvalue weighted by Crippen LogP contribution is 2.44. The highest BCUT2D eigenvalue weighted by Gasteiger charge is 2.28. The number of alkyl carbamates (subject to hydrolysis) is 1. The Morgan fingerprint density at radius 3 is 2.14 bits per heavy atom. The maximum absolute atomic E-state index is 12.0. The van der Waals surface area contributed by atoms with Crippen LogP contribution in [0.4, 0.5) is 4.79 Å². The van der Waals surface area contributed by atoms with Crippen LogP contribution in [0.2, 0.25) is 0 Å². The minimum atomic E-state index is -0.411. The molecule has 0 aromatic heterocycles. The van der Waals surface area contributed by atoms with Crippen molar-refractivity contribution in [2.24, 2.45) is 0 Å². The maximum Gasteiger partial charge on any atom is 0.407 e. The zero-order valence-corrected chi connectivity index (χ0v) is 17.2. The molecule has 0 radical (unpaired) electrons. The zero-order valence-electron chi connectivity index (χ0n) is 17.2. The summed E-state index contributed by atoms with van der Waals surface area (Å²) in [6.07, 6.45) is 3.08. The summed E-state index contributed by atoms with van der Waals surface area (Å²) in [6.45, 7) is 5.29. The summed E-state index contributed by atoms with van der Waals surface area (Å²) >= 11 is 0. The van der Waals surface area contributed by atoms with Crippen LogP contribution >= 0.6 is 0 Å². The fourth-order valence-corrected chi connectivity index (χ4v) is 3.65. The Morgan fingerprint density at radius 1 is 0.862 bits per heavy atom. The first-order valence-corrected chi connectivity index (χ1v) is 10.6. The minimum absolute atomic E-state index is 0.0780. The zero-order chi connectivity index (χ0) is 20.3. The van der Waals surface area contributed by atoms with E-state index in [1.807, 2.05) is 24.3 Å². The van der Waals surface area contributed by atoms with Crippen molar-refractivity contribution in [3.05, 3.63) is 59.7 Å². The molecule has 0 bridgehead atoms. The van der Waals surface area contributed by atoms with Crippen molar-refractivity contribution in [1.29, 1.82) is 0 Å². The number of ether oxygens (including phenoxy) is 3. The summed E-state index contributed by atoms with van der Waals surface area (Å²) < 4.78 is 16.4. The van der Waals surface area contributed by atoms with E-state index < -0.39 is 6.09 Å². The van der Waals surface area contributed by atoms with Gasteiger partial charge in [0.25, 0.3) is 0 Å². The van der Waals surface area contributed by atoms with Gasteiger partial charge < -0.3 is 19.5 Å². The summed E-state index contributed by atoms with van der Waals surface area (Å²) in [4.78, 5) is 12.0. The molecule has 1 aliphatic rings. The molecule has 2 aromatic rings. The number of nitrogens with one attached hydrogen (secondary N) is 1. The number of carbonyl (C=O) groups is 1. The van der Waals surface area contributed by atoms with Crippen molar-refractivity contribution in [2.75, 3.05) is 39.6 Å². The predicted molar refractivity (Wildman–Crippen MR) is 114 cm³/mol. The summed E-state index contributed by atoms with van der Waals surface area (Å²) in [7, 11) is 0. The van der Waals surface area contributed by atoms with Gasteiger partial charge in [-0.3, -0.25) is 0 Å². The van der Waals surface area contributed by atoms with Crippen LogP contribution in [-0.4, -0.2) is 45.7 Å². The lowest BCUT2D eigenvalue weighted by Crippen LogP contribution is -2.29. The van der Waals surface area contributed by atoms with E-state index in [-0.39, 0.29) is 5.92 Å². The normalized spacial score (nSPS) is 12.4. The van der Waals surface area contributed by atoms with Gasteiger partial charge in [0.05, 0.1) is 19.8 Å². The monoisotopic (exact) mass is 397 g/mol. The van der Waals surface area contributed by atoms with Crippen molar-refractivity contribution in [3.8, 4) is 11.1 Å². The average Bonchev–Trinajstić information content (AvgIpc) is 3.07. The van der Waals surface area contributed by atoms with Gasteiger partial charge in [0.15, 0.2) is 0 Å². The van der Waals surface area contributed by atoms with Gasteiger partial charge in [-0.15, -0.1) is 0 Å². The van der Waals surface area contributed by atoms with E-state index in [1.54, 1.807) is 0 Å². The molecule has 0 saturated carbocycles. The standard InChI is InChI=1S/C24H31NO4/c1-2-3-8-14-27-16-17-28-15-13-25-24(26)29-18-23-21-11-6-4-9-19(21)20-10-5-7-12-22(20)23/h4-7,9-12,23H,2-3,8,13-18H2,1H3,(H,25,26). The molecule has 5 heteroatoms. The molecule has 3 rings (SSSR count). The topological polar surface area (TPSA) is 56.8 Å². The minimum Gasteiger partial charge on any atom is -0.449 e. The van der Waals surface area contributed by atoms with E-state index in [1.165, 1.54) is 35.1 Å². The van der Waals surface area contributed by atoms with Gasteiger partial charge in [-0.05, 0) is 28.7 Å². The fraction of sp³-hybridized carbons (Fsp3) is 0.458. The van der Waals surface area contributed by atoms with Crippen molar-refractivity contribution in [3.63, 3.8) is 0 Å². The van der Waals surface area contributed by atoms with Crippen molar-refractivity contribution in [2.45, 2.75) is 32.1 Å². The van der Waals surface area contributed by atoms with Gasteiger partial charge in [0, 0.05) is 19.1 Å². The molecular weight excluding hydrogens is 366 g/mol. The lowest BCUT2D eigenvalue weighted by Gasteiger charge is -2.14. The lowest BCUT2D eigenvalue weighted by atomic mass is 9.98. The van der Waals surface area contributed by atoms with Crippen molar-refractivity contribution < 1.29 is 19.0 Å². The number of carbonyl (C=O) groups excluding carboxylic acids is 1. The van der Waals surface area contributed by atoms with E-state index in [9.17, 15) is 4.79 Å². The number of unbranched alkanes of at least 4 members (excludes halogenated alkanes) is 2. The molecule has 29 heavy (non-hydrogen) atoms. The maximum atomic E-state index is 12.0. The van der Waals surface area contributed by atoms with Gasteiger partial charge in [0.1, 0.15) is 6.61 Å². The van der Waals surface area contributed by atoms with Crippen LogP contribution in [-0.2, 0) is 14.2 Å². The molecule has 156 valence electrons. The molecule has 0 heterocycles. The number of amides is 1. The van der Waals surface area contributed by atoms with Gasteiger partial charge in [-0.25, -0.2) is 4.79 Å². The molecule has 1 N–H and O–H groups in total. The SMILES string of the molecule is CCCCCOCCOCCNC(=O)OCC1c2ccccc2-c2ccccc21. The average molecular weight is 398 g/mol. The third-order valence-electron chi connectivity index (χ3n) is 5.12. The predicted octanol–water partition coefficient (Wildman–Crippen LogP) is 4.75. The van der Waals surface area contributed by atoms with Gasteiger partial charge in [-0.1, -0.05) is 68.3 Å². The second kappa shape index (κ2) is 11.6.